The predicted octanol–water partition coefficient (Wildman–Crippen LogP) is 4.65. The van der Waals surface area contributed by atoms with Crippen LogP contribution >= 0.6 is 11.6 Å². The molecule has 1 aliphatic heterocycles. The number of nitrogens with one attached hydrogen (secondary N) is 1. The number of aryl methyl sites for hydroxylation is 1. The highest BCUT2D eigenvalue weighted by Crippen LogP contribution is 2.28. The second-order valence-corrected chi connectivity index (χ2v) is 9.67. The van der Waals surface area contributed by atoms with Gasteiger partial charge in [0.15, 0.2) is 0 Å². The Labute approximate surface area is 181 Å². The first-order chi connectivity index (χ1) is 14.3. The van der Waals surface area contributed by atoms with Crippen LogP contribution in [-0.2, 0) is 23.0 Å². The van der Waals surface area contributed by atoms with Crippen LogP contribution in [-0.4, -0.2) is 25.2 Å². The molecule has 0 atom stereocenters. The quantitative estimate of drug-likeness (QED) is 0.642. The van der Waals surface area contributed by atoms with Crippen molar-refractivity contribution < 1.29 is 13.2 Å². The Bertz CT molecular complexity index is 1210. The van der Waals surface area contributed by atoms with Gasteiger partial charge in [-0.1, -0.05) is 35.9 Å². The molecule has 0 aromatic heterocycles. The number of hydrogen-bond acceptors (Lipinski definition) is 3. The van der Waals surface area contributed by atoms with Crippen molar-refractivity contribution in [2.45, 2.75) is 24.8 Å². The van der Waals surface area contributed by atoms with Crippen molar-refractivity contribution in [3.05, 3.63) is 94.0 Å². The fourth-order valence-corrected chi connectivity index (χ4v) is 5.14. The minimum Gasteiger partial charge on any atom is -0.322 e. The maximum absolute atomic E-state index is 13.0. The molecule has 1 heterocycles. The number of anilines is 1. The Kier molecular flexibility index (Phi) is 5.64. The first-order valence-electron chi connectivity index (χ1n) is 9.59. The summed E-state index contributed by atoms with van der Waals surface area (Å²) in [5.41, 5.74) is 4.14. The molecule has 1 amide bonds. The lowest BCUT2D eigenvalue weighted by Gasteiger charge is -2.28. The molecule has 0 saturated heterocycles. The average Bonchev–Trinajstić information content (AvgIpc) is 2.73. The van der Waals surface area contributed by atoms with Crippen LogP contribution in [0.2, 0.25) is 5.02 Å². The zero-order valence-electron chi connectivity index (χ0n) is 16.4. The maximum Gasteiger partial charge on any atom is 0.255 e. The van der Waals surface area contributed by atoms with Crippen molar-refractivity contribution >= 4 is 33.2 Å². The van der Waals surface area contributed by atoms with E-state index >= 15 is 0 Å². The van der Waals surface area contributed by atoms with Crippen molar-refractivity contribution in [1.29, 1.82) is 0 Å². The molecule has 154 valence electrons. The van der Waals surface area contributed by atoms with E-state index in [4.69, 9.17) is 11.6 Å². The molecular weight excluding hydrogens is 420 g/mol. The SMILES string of the molecule is Cc1ccccc1C(=O)Nc1ccc2c(c1)CN(S(=O)(=O)c1ccc(Cl)cc1)CC2. The zero-order valence-corrected chi connectivity index (χ0v) is 18.0. The molecule has 0 spiro atoms. The third kappa shape index (κ3) is 4.12. The van der Waals surface area contributed by atoms with E-state index in [0.29, 0.717) is 29.2 Å². The third-order valence-electron chi connectivity index (χ3n) is 5.28. The summed E-state index contributed by atoms with van der Waals surface area (Å²) in [6, 6.07) is 19.2. The van der Waals surface area contributed by atoms with Crippen LogP contribution in [0.5, 0.6) is 0 Å². The Morgan fingerprint density at radius 1 is 1.00 bits per heavy atom. The minimum absolute atomic E-state index is 0.186. The molecule has 0 unspecified atom stereocenters. The first kappa shape index (κ1) is 20.6. The fourth-order valence-electron chi connectivity index (χ4n) is 3.60. The molecule has 0 fully saturated rings. The van der Waals surface area contributed by atoms with Crippen molar-refractivity contribution in [3.63, 3.8) is 0 Å². The summed E-state index contributed by atoms with van der Waals surface area (Å²) in [6.07, 6.45) is 0.619. The molecule has 0 saturated carbocycles. The predicted molar refractivity (Wildman–Crippen MR) is 118 cm³/mol. The zero-order chi connectivity index (χ0) is 21.3. The first-order valence-corrected chi connectivity index (χ1v) is 11.4. The van der Waals surface area contributed by atoms with Crippen molar-refractivity contribution in [2.24, 2.45) is 0 Å². The molecule has 3 aromatic carbocycles. The number of halogens is 1. The molecule has 5 nitrogen and oxygen atoms in total. The number of sulfonamides is 1. The Morgan fingerprint density at radius 3 is 2.47 bits per heavy atom. The van der Waals surface area contributed by atoms with E-state index in [0.717, 1.165) is 16.7 Å². The lowest BCUT2D eigenvalue weighted by atomic mass is 10.0. The summed E-state index contributed by atoms with van der Waals surface area (Å²) in [5.74, 6) is -0.186. The van der Waals surface area contributed by atoms with Crippen LogP contribution in [0.1, 0.15) is 27.0 Å². The average molecular weight is 441 g/mol. The van der Waals surface area contributed by atoms with Crippen molar-refractivity contribution in [3.8, 4) is 0 Å². The molecule has 0 bridgehead atoms. The number of carbonyl (C=O) groups excluding carboxylic acids is 1. The van der Waals surface area contributed by atoms with Crippen molar-refractivity contribution in [2.75, 3.05) is 11.9 Å². The molecule has 0 radical (unpaired) electrons. The maximum atomic E-state index is 13.0. The number of benzene rings is 3. The van der Waals surface area contributed by atoms with Crippen molar-refractivity contribution in [1.82, 2.24) is 4.31 Å². The third-order valence-corrected chi connectivity index (χ3v) is 7.39. The number of rotatable bonds is 4. The molecule has 1 aliphatic rings. The largest absolute Gasteiger partial charge is 0.322 e. The second-order valence-electron chi connectivity index (χ2n) is 7.30. The summed E-state index contributed by atoms with van der Waals surface area (Å²) in [7, 11) is -3.62. The standard InChI is InChI=1S/C23H21ClN2O3S/c1-16-4-2-3-5-22(16)23(27)25-20-9-6-17-12-13-26(15-18(17)14-20)30(28,29)21-10-7-19(24)8-11-21/h2-11,14H,12-13,15H2,1H3,(H,25,27). The molecule has 7 heteroatoms. The number of fused-ring (bicyclic) bond motifs is 1. The van der Waals surface area contributed by atoms with Crippen LogP contribution < -0.4 is 5.32 Å². The normalized spacial score (nSPS) is 14.2. The number of amides is 1. The van der Waals surface area contributed by atoms with Gasteiger partial charge < -0.3 is 5.32 Å². The van der Waals surface area contributed by atoms with Gasteiger partial charge in [0, 0.05) is 29.4 Å². The van der Waals surface area contributed by atoms with Crippen LogP contribution in [0.3, 0.4) is 0 Å². The van der Waals surface area contributed by atoms with E-state index in [9.17, 15) is 13.2 Å². The number of nitrogens with zero attached hydrogens (tertiary/aromatic N) is 1. The van der Waals surface area contributed by atoms with Gasteiger partial charge in [0.1, 0.15) is 0 Å². The topological polar surface area (TPSA) is 66.5 Å². The molecule has 0 aliphatic carbocycles. The summed E-state index contributed by atoms with van der Waals surface area (Å²) in [5, 5.41) is 3.41. The summed E-state index contributed by atoms with van der Waals surface area (Å²) in [6.45, 7) is 2.56. The van der Waals surface area contributed by atoms with Crippen LogP contribution in [0, 0.1) is 6.92 Å². The van der Waals surface area contributed by atoms with E-state index in [2.05, 4.69) is 5.32 Å². The summed E-state index contributed by atoms with van der Waals surface area (Å²) >= 11 is 5.88. The molecule has 4 rings (SSSR count). The Hall–Kier alpha value is -2.67. The Balaban J connectivity index is 1.56. The molecule has 3 aromatic rings. The van der Waals surface area contributed by atoms with Gasteiger partial charge in [-0.25, -0.2) is 8.42 Å². The van der Waals surface area contributed by atoms with E-state index in [1.807, 2.05) is 43.3 Å². The summed E-state index contributed by atoms with van der Waals surface area (Å²) < 4.78 is 27.5. The number of carbonyl (C=O) groups is 1. The van der Waals surface area contributed by atoms with Gasteiger partial charge in [-0.3, -0.25) is 4.79 Å². The van der Waals surface area contributed by atoms with E-state index < -0.39 is 10.0 Å². The van der Waals surface area contributed by atoms with Gasteiger partial charge in [-0.15, -0.1) is 0 Å². The lowest BCUT2D eigenvalue weighted by molar-refractivity contribution is 0.102. The molecular formula is C23H21ClN2O3S. The second kappa shape index (κ2) is 8.22. The van der Waals surface area contributed by atoms with E-state index in [-0.39, 0.29) is 17.3 Å². The van der Waals surface area contributed by atoms with Crippen LogP contribution in [0.25, 0.3) is 0 Å². The van der Waals surface area contributed by atoms with E-state index in [1.165, 1.54) is 16.4 Å². The molecule has 1 N–H and O–H groups in total. The van der Waals surface area contributed by atoms with Gasteiger partial charge in [-0.05, 0) is 72.5 Å². The van der Waals surface area contributed by atoms with Crippen LogP contribution in [0.15, 0.2) is 71.6 Å². The highest BCUT2D eigenvalue weighted by atomic mass is 35.5. The number of hydrogen-bond donors (Lipinski definition) is 1. The smallest absolute Gasteiger partial charge is 0.255 e. The van der Waals surface area contributed by atoms with Gasteiger partial charge in [0.2, 0.25) is 10.0 Å². The highest BCUT2D eigenvalue weighted by molar-refractivity contribution is 7.89. The summed E-state index contributed by atoms with van der Waals surface area (Å²) in [4.78, 5) is 12.8. The van der Waals surface area contributed by atoms with Gasteiger partial charge in [0.25, 0.3) is 5.91 Å². The van der Waals surface area contributed by atoms with E-state index in [1.54, 1.807) is 18.2 Å². The van der Waals surface area contributed by atoms with Gasteiger partial charge in [-0.2, -0.15) is 4.31 Å². The molecule has 30 heavy (non-hydrogen) atoms. The fraction of sp³-hybridized carbons (Fsp3) is 0.174. The minimum atomic E-state index is -3.62. The Morgan fingerprint density at radius 2 is 1.73 bits per heavy atom. The monoisotopic (exact) mass is 440 g/mol. The highest BCUT2D eigenvalue weighted by Gasteiger charge is 2.28. The van der Waals surface area contributed by atoms with Gasteiger partial charge >= 0.3 is 0 Å². The lowest BCUT2D eigenvalue weighted by Crippen LogP contribution is -2.36. The van der Waals surface area contributed by atoms with Gasteiger partial charge in [0.05, 0.1) is 4.90 Å². The van der Waals surface area contributed by atoms with Crippen LogP contribution in [0.4, 0.5) is 5.69 Å².